The number of hydrogen-bond donors (Lipinski definition) is 1. The number of hydrogen-bond acceptors (Lipinski definition) is 4. The zero-order valence-corrected chi connectivity index (χ0v) is 15.5. The Morgan fingerprint density at radius 2 is 1.96 bits per heavy atom. The van der Waals surface area contributed by atoms with Crippen LogP contribution in [0.15, 0.2) is 47.6 Å². The quantitative estimate of drug-likeness (QED) is 0.387. The maximum Gasteiger partial charge on any atom is 0.331 e. The molecule has 1 aromatic carbocycles. The van der Waals surface area contributed by atoms with Crippen molar-refractivity contribution in [1.29, 1.82) is 0 Å². The van der Waals surface area contributed by atoms with E-state index < -0.39 is 5.97 Å². The molecule has 1 aromatic rings. The van der Waals surface area contributed by atoms with Gasteiger partial charge in [0.05, 0.1) is 6.61 Å². The standard InChI is InChI=1S/C21H28O4/c1-5-24-20-15-18(9-11-19(20)22)10-12-21(23)25-14-13-17(4)8-6-7-16(2)3/h7,9-13,15,22H,5-6,8,14H2,1-4H3. The average molecular weight is 344 g/mol. The van der Waals surface area contributed by atoms with Crippen LogP contribution in [0.5, 0.6) is 11.5 Å². The second-order valence-electron chi connectivity index (χ2n) is 5.99. The third-order valence-corrected chi connectivity index (χ3v) is 3.44. The van der Waals surface area contributed by atoms with Crippen LogP contribution in [0.25, 0.3) is 6.08 Å². The smallest absolute Gasteiger partial charge is 0.331 e. The van der Waals surface area contributed by atoms with Gasteiger partial charge in [-0.25, -0.2) is 4.79 Å². The number of aromatic hydroxyl groups is 1. The monoisotopic (exact) mass is 344 g/mol. The lowest BCUT2D eigenvalue weighted by Gasteiger charge is -2.06. The molecule has 0 radical (unpaired) electrons. The molecule has 0 atom stereocenters. The van der Waals surface area contributed by atoms with Crippen LogP contribution in [0.1, 0.15) is 46.1 Å². The van der Waals surface area contributed by atoms with E-state index in [9.17, 15) is 9.90 Å². The molecule has 0 aliphatic rings. The van der Waals surface area contributed by atoms with Crippen LogP contribution < -0.4 is 4.74 Å². The van der Waals surface area contributed by atoms with Gasteiger partial charge in [-0.15, -0.1) is 0 Å². The first-order valence-corrected chi connectivity index (χ1v) is 8.52. The third-order valence-electron chi connectivity index (χ3n) is 3.44. The van der Waals surface area contributed by atoms with Crippen LogP contribution in [0, 0.1) is 0 Å². The van der Waals surface area contributed by atoms with Crippen LogP contribution >= 0.6 is 0 Å². The van der Waals surface area contributed by atoms with Crippen molar-refractivity contribution in [3.63, 3.8) is 0 Å². The van der Waals surface area contributed by atoms with Crippen molar-refractivity contribution in [3.05, 3.63) is 53.1 Å². The number of rotatable bonds is 9. The van der Waals surface area contributed by atoms with Gasteiger partial charge >= 0.3 is 5.97 Å². The summed E-state index contributed by atoms with van der Waals surface area (Å²) < 4.78 is 10.5. The molecule has 1 rings (SSSR count). The van der Waals surface area contributed by atoms with Crippen LogP contribution in [-0.4, -0.2) is 24.3 Å². The second-order valence-corrected chi connectivity index (χ2v) is 5.99. The summed E-state index contributed by atoms with van der Waals surface area (Å²) >= 11 is 0. The fourth-order valence-electron chi connectivity index (χ4n) is 2.07. The highest BCUT2D eigenvalue weighted by Gasteiger charge is 2.02. The first-order valence-electron chi connectivity index (χ1n) is 8.52. The number of ether oxygens (including phenoxy) is 2. The molecule has 0 heterocycles. The van der Waals surface area contributed by atoms with Gasteiger partial charge in [0.1, 0.15) is 6.61 Å². The van der Waals surface area contributed by atoms with Crippen molar-refractivity contribution < 1.29 is 19.4 Å². The minimum absolute atomic E-state index is 0.0790. The molecule has 0 spiro atoms. The van der Waals surface area contributed by atoms with E-state index in [0.29, 0.717) is 12.4 Å². The number of benzene rings is 1. The lowest BCUT2D eigenvalue weighted by molar-refractivity contribution is -0.136. The highest BCUT2D eigenvalue weighted by atomic mass is 16.5. The lowest BCUT2D eigenvalue weighted by Crippen LogP contribution is -2.00. The fourth-order valence-corrected chi connectivity index (χ4v) is 2.07. The van der Waals surface area contributed by atoms with Crippen LogP contribution in [0.3, 0.4) is 0 Å². The number of carbonyl (C=O) groups is 1. The van der Waals surface area contributed by atoms with Crippen LogP contribution in [0.2, 0.25) is 0 Å². The van der Waals surface area contributed by atoms with E-state index in [0.717, 1.165) is 18.4 Å². The molecule has 0 aromatic heterocycles. The molecule has 4 heteroatoms. The largest absolute Gasteiger partial charge is 0.504 e. The molecular formula is C21H28O4. The molecule has 136 valence electrons. The number of phenolic OH excluding ortho intramolecular Hbond substituents is 1. The van der Waals surface area contributed by atoms with Gasteiger partial charge in [-0.05, 0) is 70.4 Å². The highest BCUT2D eigenvalue weighted by molar-refractivity contribution is 5.87. The molecule has 0 fully saturated rings. The van der Waals surface area contributed by atoms with Gasteiger partial charge in [0, 0.05) is 6.08 Å². The predicted molar refractivity (Wildman–Crippen MR) is 102 cm³/mol. The minimum Gasteiger partial charge on any atom is -0.504 e. The van der Waals surface area contributed by atoms with Crippen LogP contribution in [-0.2, 0) is 9.53 Å². The van der Waals surface area contributed by atoms with Gasteiger partial charge < -0.3 is 14.6 Å². The van der Waals surface area contributed by atoms with Gasteiger partial charge in [0.25, 0.3) is 0 Å². The first-order chi connectivity index (χ1) is 11.9. The van der Waals surface area contributed by atoms with Crippen molar-refractivity contribution in [1.82, 2.24) is 0 Å². The predicted octanol–water partition coefficient (Wildman–Crippen LogP) is 5.04. The maximum atomic E-state index is 11.8. The van der Waals surface area contributed by atoms with E-state index in [1.54, 1.807) is 18.2 Å². The van der Waals surface area contributed by atoms with E-state index >= 15 is 0 Å². The fraction of sp³-hybridized carbons (Fsp3) is 0.381. The van der Waals surface area contributed by atoms with Crippen molar-refractivity contribution in [2.24, 2.45) is 0 Å². The van der Waals surface area contributed by atoms with Crippen molar-refractivity contribution in [2.45, 2.75) is 40.5 Å². The summed E-state index contributed by atoms with van der Waals surface area (Å²) in [4.78, 5) is 11.8. The Labute approximate surface area is 150 Å². The maximum absolute atomic E-state index is 11.8. The summed E-state index contributed by atoms with van der Waals surface area (Å²) in [6.07, 6.45) is 9.09. The number of phenols is 1. The van der Waals surface area contributed by atoms with Crippen molar-refractivity contribution >= 4 is 12.0 Å². The molecule has 1 N–H and O–H groups in total. The normalized spacial score (nSPS) is 11.4. The molecule has 25 heavy (non-hydrogen) atoms. The lowest BCUT2D eigenvalue weighted by atomic mass is 10.1. The topological polar surface area (TPSA) is 55.8 Å². The molecular weight excluding hydrogens is 316 g/mol. The summed E-state index contributed by atoms with van der Waals surface area (Å²) in [6, 6.07) is 4.92. The molecule has 0 aliphatic heterocycles. The van der Waals surface area contributed by atoms with Gasteiger partial charge in [-0.2, -0.15) is 0 Å². The van der Waals surface area contributed by atoms with Crippen LogP contribution in [0.4, 0.5) is 0 Å². The Morgan fingerprint density at radius 3 is 2.64 bits per heavy atom. The van der Waals surface area contributed by atoms with E-state index in [1.165, 1.54) is 23.3 Å². The SMILES string of the molecule is CCOc1cc(C=CC(=O)OCC=C(C)CCC=C(C)C)ccc1O. The number of carbonyl (C=O) groups excluding carboxylic acids is 1. The third kappa shape index (κ3) is 8.80. The molecule has 0 aliphatic carbocycles. The summed E-state index contributed by atoms with van der Waals surface area (Å²) in [5, 5.41) is 9.65. The Morgan fingerprint density at radius 1 is 1.20 bits per heavy atom. The van der Waals surface area contributed by atoms with E-state index in [1.807, 2.05) is 19.9 Å². The summed E-state index contributed by atoms with van der Waals surface area (Å²) in [5.74, 6) is 0.0719. The highest BCUT2D eigenvalue weighted by Crippen LogP contribution is 2.27. The molecule has 0 unspecified atom stereocenters. The Bertz CT molecular complexity index is 650. The number of allylic oxidation sites excluding steroid dienone is 3. The average Bonchev–Trinajstić information content (AvgIpc) is 2.55. The van der Waals surface area contributed by atoms with Crippen molar-refractivity contribution in [2.75, 3.05) is 13.2 Å². The molecule has 0 bridgehead atoms. The van der Waals surface area contributed by atoms with E-state index in [-0.39, 0.29) is 12.4 Å². The summed E-state index contributed by atoms with van der Waals surface area (Å²) in [5.41, 5.74) is 3.27. The Hall–Kier alpha value is -2.49. The molecule has 0 amide bonds. The zero-order valence-electron chi connectivity index (χ0n) is 15.5. The van der Waals surface area contributed by atoms with Gasteiger partial charge in [-0.1, -0.05) is 23.3 Å². The van der Waals surface area contributed by atoms with Gasteiger partial charge in [0.15, 0.2) is 11.5 Å². The minimum atomic E-state index is -0.403. The van der Waals surface area contributed by atoms with Crippen molar-refractivity contribution in [3.8, 4) is 11.5 Å². The van der Waals surface area contributed by atoms with Gasteiger partial charge in [-0.3, -0.25) is 0 Å². The first kappa shape index (κ1) is 20.6. The zero-order chi connectivity index (χ0) is 18.7. The number of esters is 1. The molecule has 4 nitrogen and oxygen atoms in total. The van der Waals surface area contributed by atoms with E-state index in [4.69, 9.17) is 9.47 Å². The second kappa shape index (κ2) is 11.1. The molecule has 0 saturated carbocycles. The summed E-state index contributed by atoms with van der Waals surface area (Å²) in [6.45, 7) is 8.77. The van der Waals surface area contributed by atoms with Gasteiger partial charge in [0.2, 0.25) is 0 Å². The Balaban J connectivity index is 2.47. The Kier molecular flexibility index (Phi) is 9.15. The molecule has 0 saturated heterocycles. The van der Waals surface area contributed by atoms with E-state index in [2.05, 4.69) is 19.9 Å². The summed E-state index contributed by atoms with van der Waals surface area (Å²) in [7, 11) is 0.